The maximum Gasteiger partial charge on any atom is 0.300 e. The van der Waals surface area contributed by atoms with Crippen molar-refractivity contribution in [3.8, 4) is 0 Å². The number of benzene rings is 3. The van der Waals surface area contributed by atoms with Crippen molar-refractivity contribution >= 4 is 38.0 Å². The van der Waals surface area contributed by atoms with E-state index in [1.54, 1.807) is 36.4 Å². The Morgan fingerprint density at radius 3 is 2.35 bits per heavy atom. The molecule has 0 fully saturated rings. The Morgan fingerprint density at radius 1 is 0.941 bits per heavy atom. The number of hydrogen-bond donors (Lipinski definition) is 1. The highest BCUT2D eigenvalue weighted by Gasteiger charge is 2.20. The van der Waals surface area contributed by atoms with Crippen LogP contribution in [-0.4, -0.2) is 41.7 Å². The van der Waals surface area contributed by atoms with Crippen LogP contribution in [0.5, 0.6) is 0 Å². The van der Waals surface area contributed by atoms with E-state index in [0.717, 1.165) is 11.1 Å². The third-order valence-electron chi connectivity index (χ3n) is 5.20. The molecule has 0 spiro atoms. The summed E-state index contributed by atoms with van der Waals surface area (Å²) in [6.45, 7) is 0.460. The van der Waals surface area contributed by atoms with E-state index in [9.17, 15) is 23.3 Å². The number of nitrogens with one attached hydrogen (secondary N) is 1. The number of hydrogen-bond acceptors (Lipinski definition) is 9. The van der Waals surface area contributed by atoms with Crippen molar-refractivity contribution in [2.75, 3.05) is 17.6 Å². The van der Waals surface area contributed by atoms with Gasteiger partial charge in [0.2, 0.25) is 5.52 Å². The largest absolute Gasteiger partial charge is 0.383 e. The molecule has 0 saturated carbocycles. The molecule has 34 heavy (non-hydrogen) atoms. The number of carbonyl (C=O) groups excluding carboxylic acids is 1. The summed E-state index contributed by atoms with van der Waals surface area (Å²) in [6, 6.07) is 18.2. The number of fused-ring (bicyclic) bond motifs is 1. The topological polar surface area (TPSA) is 145 Å². The van der Waals surface area contributed by atoms with Crippen LogP contribution in [0.1, 0.15) is 11.1 Å². The second kappa shape index (κ2) is 9.79. The molecule has 11 heteroatoms. The molecule has 0 radical (unpaired) electrons. The first-order valence-corrected chi connectivity index (χ1v) is 12.0. The van der Waals surface area contributed by atoms with Crippen LogP contribution in [0.4, 0.5) is 11.4 Å². The van der Waals surface area contributed by atoms with Crippen molar-refractivity contribution in [2.45, 2.75) is 17.7 Å². The summed E-state index contributed by atoms with van der Waals surface area (Å²) in [5.74, 6) is -0.916. The van der Waals surface area contributed by atoms with Gasteiger partial charge in [-0.3, -0.25) is 14.9 Å². The van der Waals surface area contributed by atoms with Gasteiger partial charge in [-0.1, -0.05) is 42.5 Å². The van der Waals surface area contributed by atoms with E-state index in [0.29, 0.717) is 18.7 Å². The SMILES string of the molecule is O=C(Cc1ccccc1)CS(=O)(=O)c1ccc(CCNc2ccc([N+](=O)[O-])c3nonc23)cc1. The van der Waals surface area contributed by atoms with E-state index in [1.165, 1.54) is 24.3 Å². The highest BCUT2D eigenvalue weighted by molar-refractivity contribution is 7.92. The van der Waals surface area contributed by atoms with Crippen LogP contribution in [0.3, 0.4) is 0 Å². The van der Waals surface area contributed by atoms with E-state index in [-0.39, 0.29) is 33.8 Å². The summed E-state index contributed by atoms with van der Waals surface area (Å²) in [5, 5.41) is 21.5. The Hall–Kier alpha value is -4.12. The Labute approximate surface area is 194 Å². The van der Waals surface area contributed by atoms with Crippen molar-refractivity contribution in [2.24, 2.45) is 0 Å². The molecule has 1 N–H and O–H groups in total. The fraction of sp³-hybridized carbons (Fsp3) is 0.174. The molecule has 0 aliphatic heterocycles. The van der Waals surface area contributed by atoms with Gasteiger partial charge in [0.15, 0.2) is 21.1 Å². The van der Waals surface area contributed by atoms with Gasteiger partial charge in [0.25, 0.3) is 0 Å². The normalized spacial score (nSPS) is 11.4. The molecule has 174 valence electrons. The quantitative estimate of drug-likeness (QED) is 0.267. The van der Waals surface area contributed by atoms with Crippen LogP contribution in [0, 0.1) is 10.1 Å². The lowest BCUT2D eigenvalue weighted by atomic mass is 10.1. The molecule has 0 aliphatic rings. The number of nitrogens with zero attached hydrogens (tertiary/aromatic N) is 3. The van der Waals surface area contributed by atoms with Gasteiger partial charge in [0.05, 0.1) is 15.5 Å². The number of nitro benzene ring substituents is 1. The number of carbonyl (C=O) groups is 1. The number of anilines is 1. The summed E-state index contributed by atoms with van der Waals surface area (Å²) in [4.78, 5) is 22.9. The Bertz CT molecular complexity index is 1430. The lowest BCUT2D eigenvalue weighted by Gasteiger charge is -2.08. The molecule has 4 aromatic rings. The molecule has 4 rings (SSSR count). The minimum atomic E-state index is -3.73. The van der Waals surface area contributed by atoms with Crippen LogP contribution in [0.25, 0.3) is 11.0 Å². The smallest absolute Gasteiger partial charge is 0.300 e. The highest BCUT2D eigenvalue weighted by Crippen LogP contribution is 2.28. The molecule has 0 amide bonds. The van der Waals surface area contributed by atoms with Gasteiger partial charge in [-0.15, -0.1) is 0 Å². The molecule has 1 heterocycles. The lowest BCUT2D eigenvalue weighted by Crippen LogP contribution is -2.18. The van der Waals surface area contributed by atoms with E-state index in [2.05, 4.69) is 20.3 Å². The fourth-order valence-electron chi connectivity index (χ4n) is 3.52. The molecule has 1 aromatic heterocycles. The number of aromatic nitrogens is 2. The van der Waals surface area contributed by atoms with E-state index in [1.807, 2.05) is 6.07 Å². The average Bonchev–Trinajstić information content (AvgIpc) is 3.30. The number of Topliss-reactive ketones (excluding diaryl/α,β-unsaturated/α-hetero) is 1. The maximum atomic E-state index is 12.6. The minimum Gasteiger partial charge on any atom is -0.383 e. The Balaban J connectivity index is 1.35. The second-order valence-corrected chi connectivity index (χ2v) is 9.62. The van der Waals surface area contributed by atoms with Crippen LogP contribution in [-0.2, 0) is 27.5 Å². The second-order valence-electron chi connectivity index (χ2n) is 7.63. The number of rotatable bonds is 10. The first-order chi connectivity index (χ1) is 16.3. The van der Waals surface area contributed by atoms with Crippen LogP contribution in [0.2, 0.25) is 0 Å². The Morgan fingerprint density at radius 2 is 1.65 bits per heavy atom. The number of ketones is 1. The average molecular weight is 481 g/mol. The number of sulfone groups is 1. The zero-order chi connectivity index (χ0) is 24.1. The van der Waals surface area contributed by atoms with Crippen molar-refractivity contribution in [1.82, 2.24) is 10.3 Å². The predicted molar refractivity (Wildman–Crippen MR) is 124 cm³/mol. The van der Waals surface area contributed by atoms with Gasteiger partial charge in [0, 0.05) is 19.0 Å². The molecular formula is C23H20N4O6S. The van der Waals surface area contributed by atoms with Gasteiger partial charge < -0.3 is 5.32 Å². The van der Waals surface area contributed by atoms with E-state index < -0.39 is 20.5 Å². The fourth-order valence-corrected chi connectivity index (χ4v) is 4.76. The third kappa shape index (κ3) is 5.26. The summed E-state index contributed by atoms with van der Waals surface area (Å²) >= 11 is 0. The van der Waals surface area contributed by atoms with E-state index >= 15 is 0 Å². The van der Waals surface area contributed by atoms with Gasteiger partial charge in [-0.2, -0.15) is 0 Å². The zero-order valence-electron chi connectivity index (χ0n) is 17.9. The van der Waals surface area contributed by atoms with Crippen molar-refractivity contribution in [3.63, 3.8) is 0 Å². The first kappa shape index (κ1) is 23.1. The standard InChI is InChI=1S/C23H20N4O6S/c28-18(14-17-4-2-1-3-5-17)15-34(31,32)19-8-6-16(7-9-19)12-13-24-20-10-11-21(27(29)30)23-22(20)25-33-26-23/h1-11,24H,12-15H2. The van der Waals surface area contributed by atoms with Crippen molar-refractivity contribution in [3.05, 3.63) is 88.0 Å². The molecule has 0 aliphatic carbocycles. The molecule has 0 bridgehead atoms. The highest BCUT2D eigenvalue weighted by atomic mass is 32.2. The van der Waals surface area contributed by atoms with E-state index in [4.69, 9.17) is 0 Å². The summed E-state index contributed by atoms with van der Waals surface area (Å²) in [6.07, 6.45) is 0.623. The molecule has 0 atom stereocenters. The first-order valence-electron chi connectivity index (χ1n) is 10.3. The van der Waals surface area contributed by atoms with Gasteiger partial charge in [-0.25, -0.2) is 13.0 Å². The molecule has 3 aromatic carbocycles. The van der Waals surface area contributed by atoms with Crippen LogP contribution in [0.15, 0.2) is 76.3 Å². The monoisotopic (exact) mass is 480 g/mol. The van der Waals surface area contributed by atoms with Crippen molar-refractivity contribution < 1.29 is 22.8 Å². The predicted octanol–water partition coefficient (Wildman–Crippen LogP) is 3.37. The minimum absolute atomic E-state index is 0.0615. The molecule has 10 nitrogen and oxygen atoms in total. The van der Waals surface area contributed by atoms with Crippen LogP contribution < -0.4 is 5.32 Å². The van der Waals surface area contributed by atoms with Gasteiger partial charge in [0.1, 0.15) is 5.75 Å². The number of non-ortho nitro benzene ring substituents is 1. The third-order valence-corrected chi connectivity index (χ3v) is 6.89. The van der Waals surface area contributed by atoms with Gasteiger partial charge >= 0.3 is 5.69 Å². The summed E-state index contributed by atoms with van der Waals surface area (Å²) in [7, 11) is -3.73. The summed E-state index contributed by atoms with van der Waals surface area (Å²) < 4.78 is 29.9. The van der Waals surface area contributed by atoms with Gasteiger partial charge in [-0.05, 0) is 46.1 Å². The Kier molecular flexibility index (Phi) is 6.64. The zero-order valence-corrected chi connectivity index (χ0v) is 18.7. The van der Waals surface area contributed by atoms with Crippen LogP contribution >= 0.6 is 0 Å². The molecule has 0 unspecified atom stereocenters. The lowest BCUT2D eigenvalue weighted by molar-refractivity contribution is -0.383. The van der Waals surface area contributed by atoms with Crippen molar-refractivity contribution in [1.29, 1.82) is 0 Å². The summed E-state index contributed by atoms with van der Waals surface area (Å²) in [5.41, 5.74) is 2.32. The molecular weight excluding hydrogens is 460 g/mol. The molecule has 0 saturated heterocycles. The number of nitro groups is 1. The maximum absolute atomic E-state index is 12.6.